The summed E-state index contributed by atoms with van der Waals surface area (Å²) in [6.45, 7) is -0.469. The fourth-order valence-electron chi connectivity index (χ4n) is 1.17. The zero-order valence-electron chi connectivity index (χ0n) is 9.70. The van der Waals surface area contributed by atoms with Crippen molar-refractivity contribution in [1.29, 1.82) is 0 Å². The van der Waals surface area contributed by atoms with Gasteiger partial charge in [-0.15, -0.1) is 0 Å². The van der Waals surface area contributed by atoms with Crippen molar-refractivity contribution in [3.63, 3.8) is 0 Å². The Kier molecular flexibility index (Phi) is 5.25. The fourth-order valence-corrected chi connectivity index (χ4v) is 1.66. The maximum atomic E-state index is 13.4. The molecule has 18 heavy (non-hydrogen) atoms. The molecule has 0 aliphatic carbocycles. The molecule has 0 fully saturated rings. The molecule has 0 spiro atoms. The third kappa shape index (κ3) is 4.43. The van der Waals surface area contributed by atoms with Gasteiger partial charge in [0, 0.05) is 24.7 Å². The molecule has 1 rings (SSSR count). The summed E-state index contributed by atoms with van der Waals surface area (Å²) in [5.74, 6) is 4.52. The van der Waals surface area contributed by atoms with Crippen LogP contribution in [0.4, 0.5) is 4.39 Å². The van der Waals surface area contributed by atoms with Crippen LogP contribution >= 0.6 is 0 Å². The van der Waals surface area contributed by atoms with Gasteiger partial charge in [0.25, 0.3) is 10.2 Å². The minimum absolute atomic E-state index is 0.177. The Labute approximate surface area is 105 Å². The van der Waals surface area contributed by atoms with Crippen LogP contribution in [0, 0.1) is 17.7 Å². The molecule has 0 amide bonds. The van der Waals surface area contributed by atoms with Gasteiger partial charge in [0.2, 0.25) is 0 Å². The summed E-state index contributed by atoms with van der Waals surface area (Å²) in [6.07, 6.45) is 0. The molecule has 0 radical (unpaired) electrons. The number of nitrogens with one attached hydrogen (secondary N) is 2. The van der Waals surface area contributed by atoms with Crippen molar-refractivity contribution < 1.29 is 17.9 Å². The highest BCUT2D eigenvalue weighted by Crippen LogP contribution is 2.10. The first-order valence-corrected chi connectivity index (χ1v) is 6.53. The van der Waals surface area contributed by atoms with Crippen molar-refractivity contribution in [3.8, 4) is 11.8 Å². The molecule has 0 saturated carbocycles. The summed E-state index contributed by atoms with van der Waals surface area (Å²) in [7, 11) is -2.36. The Hall–Kier alpha value is -1.46. The van der Waals surface area contributed by atoms with E-state index in [9.17, 15) is 12.8 Å². The Morgan fingerprint density at radius 1 is 1.44 bits per heavy atom. The number of hydrogen-bond acceptors (Lipinski definition) is 3. The average Bonchev–Trinajstić information content (AvgIpc) is 2.36. The number of hydrogen-bond donors (Lipinski definition) is 3. The molecule has 0 aromatic heterocycles. The lowest BCUT2D eigenvalue weighted by Gasteiger charge is -2.06. The Morgan fingerprint density at radius 3 is 2.78 bits per heavy atom. The van der Waals surface area contributed by atoms with Crippen LogP contribution in [0.2, 0.25) is 0 Å². The van der Waals surface area contributed by atoms with Gasteiger partial charge in [-0.2, -0.15) is 13.1 Å². The predicted molar refractivity (Wildman–Crippen MR) is 65.2 cm³/mol. The van der Waals surface area contributed by atoms with Crippen LogP contribution in [0.1, 0.15) is 11.1 Å². The minimum Gasteiger partial charge on any atom is -0.384 e. The second kappa shape index (κ2) is 6.47. The van der Waals surface area contributed by atoms with Crippen LogP contribution in [0.3, 0.4) is 0 Å². The second-order valence-electron chi connectivity index (χ2n) is 3.29. The van der Waals surface area contributed by atoms with Crippen LogP contribution in [0.15, 0.2) is 18.2 Å². The first-order valence-electron chi connectivity index (χ1n) is 5.05. The van der Waals surface area contributed by atoms with Crippen LogP contribution in [0.5, 0.6) is 0 Å². The topological polar surface area (TPSA) is 78.4 Å². The molecule has 0 saturated heterocycles. The van der Waals surface area contributed by atoms with Gasteiger partial charge in [0.15, 0.2) is 0 Å². The van der Waals surface area contributed by atoms with E-state index in [1.807, 2.05) is 0 Å². The lowest BCUT2D eigenvalue weighted by atomic mass is 10.1. The normalized spacial score (nSPS) is 10.8. The Bertz CT molecular complexity index is 576. The molecule has 1 aromatic rings. The summed E-state index contributed by atoms with van der Waals surface area (Å²) in [6, 6.07) is 4.08. The van der Waals surface area contributed by atoms with Gasteiger partial charge in [-0.1, -0.05) is 11.8 Å². The van der Waals surface area contributed by atoms with E-state index >= 15 is 0 Å². The highest BCUT2D eigenvalue weighted by atomic mass is 32.2. The van der Waals surface area contributed by atoms with Crippen LogP contribution in [-0.2, 0) is 16.8 Å². The monoisotopic (exact) mass is 272 g/mol. The van der Waals surface area contributed by atoms with E-state index in [2.05, 4.69) is 21.3 Å². The van der Waals surface area contributed by atoms with E-state index in [1.165, 1.54) is 25.2 Å². The van der Waals surface area contributed by atoms with E-state index in [0.717, 1.165) is 0 Å². The lowest BCUT2D eigenvalue weighted by Crippen LogP contribution is -2.33. The van der Waals surface area contributed by atoms with E-state index in [-0.39, 0.29) is 18.7 Å². The smallest absolute Gasteiger partial charge is 0.276 e. The molecule has 0 aliphatic heterocycles. The molecule has 3 N–H and O–H groups in total. The average molecular weight is 272 g/mol. The molecule has 5 nitrogen and oxygen atoms in total. The van der Waals surface area contributed by atoms with Gasteiger partial charge in [0.1, 0.15) is 12.4 Å². The fraction of sp³-hybridized carbons (Fsp3) is 0.273. The Morgan fingerprint density at radius 2 is 2.17 bits per heavy atom. The van der Waals surface area contributed by atoms with Crippen molar-refractivity contribution in [3.05, 3.63) is 35.1 Å². The number of aliphatic hydroxyl groups excluding tert-OH is 1. The van der Waals surface area contributed by atoms with Gasteiger partial charge in [-0.05, 0) is 18.2 Å². The molecule has 1 aromatic carbocycles. The quantitative estimate of drug-likeness (QED) is 0.660. The van der Waals surface area contributed by atoms with E-state index in [4.69, 9.17) is 5.11 Å². The first-order chi connectivity index (χ1) is 8.48. The number of benzene rings is 1. The second-order valence-corrected chi connectivity index (χ2v) is 5.00. The van der Waals surface area contributed by atoms with Gasteiger partial charge >= 0.3 is 0 Å². The van der Waals surface area contributed by atoms with Gasteiger partial charge in [-0.3, -0.25) is 0 Å². The zero-order chi connectivity index (χ0) is 13.6. The van der Waals surface area contributed by atoms with Gasteiger partial charge in [-0.25, -0.2) is 9.11 Å². The van der Waals surface area contributed by atoms with Crippen LogP contribution in [-0.4, -0.2) is 27.2 Å². The highest BCUT2D eigenvalue weighted by molar-refractivity contribution is 7.87. The summed E-state index contributed by atoms with van der Waals surface area (Å²) in [5, 5.41) is 8.55. The van der Waals surface area contributed by atoms with E-state index in [0.29, 0.717) is 5.56 Å². The molecule has 0 atom stereocenters. The van der Waals surface area contributed by atoms with Crippen molar-refractivity contribution in [1.82, 2.24) is 9.44 Å². The standard InChI is InChI=1S/C11H13FN2O3S/c1-13-18(16,17)14-8-10-7-9(3-2-6-15)4-5-11(10)12/h4-5,7,13-15H,6,8H2,1H3. The summed E-state index contributed by atoms with van der Waals surface area (Å²) in [5.41, 5.74) is 0.683. The minimum atomic E-state index is -3.61. The molecular formula is C11H13FN2O3S. The lowest BCUT2D eigenvalue weighted by molar-refractivity contribution is 0.350. The molecule has 98 valence electrons. The largest absolute Gasteiger partial charge is 0.384 e. The number of halogens is 1. The summed E-state index contributed by atoms with van der Waals surface area (Å²) < 4.78 is 39.9. The SMILES string of the molecule is CNS(=O)(=O)NCc1cc(C#CCO)ccc1F. The van der Waals surface area contributed by atoms with Gasteiger partial charge in [0.05, 0.1) is 0 Å². The van der Waals surface area contributed by atoms with Gasteiger partial charge < -0.3 is 5.11 Å². The molecule has 0 heterocycles. The molecule has 0 unspecified atom stereocenters. The Balaban J connectivity index is 2.88. The molecular weight excluding hydrogens is 259 g/mol. The number of aliphatic hydroxyl groups is 1. The zero-order valence-corrected chi connectivity index (χ0v) is 10.5. The van der Waals surface area contributed by atoms with E-state index in [1.54, 1.807) is 0 Å². The third-order valence-electron chi connectivity index (χ3n) is 2.08. The predicted octanol–water partition coefficient (Wildman–Crippen LogP) is -0.277. The maximum Gasteiger partial charge on any atom is 0.276 e. The van der Waals surface area contributed by atoms with Crippen molar-refractivity contribution in [2.45, 2.75) is 6.54 Å². The highest BCUT2D eigenvalue weighted by Gasteiger charge is 2.08. The van der Waals surface area contributed by atoms with Crippen molar-refractivity contribution in [2.24, 2.45) is 0 Å². The van der Waals surface area contributed by atoms with E-state index < -0.39 is 16.0 Å². The molecule has 7 heteroatoms. The summed E-state index contributed by atoms with van der Waals surface area (Å²) >= 11 is 0. The van der Waals surface area contributed by atoms with Crippen molar-refractivity contribution >= 4 is 10.2 Å². The number of rotatable bonds is 4. The third-order valence-corrected chi connectivity index (χ3v) is 3.14. The van der Waals surface area contributed by atoms with Crippen LogP contribution in [0.25, 0.3) is 0 Å². The summed E-state index contributed by atoms with van der Waals surface area (Å²) in [4.78, 5) is 0. The maximum absolute atomic E-state index is 13.4. The molecule has 0 aliphatic rings. The van der Waals surface area contributed by atoms with Crippen molar-refractivity contribution in [2.75, 3.05) is 13.7 Å². The molecule has 0 bridgehead atoms. The first kappa shape index (κ1) is 14.6. The van der Waals surface area contributed by atoms with Crippen LogP contribution < -0.4 is 9.44 Å².